The monoisotopic (exact) mass is 255 g/mol. The summed E-state index contributed by atoms with van der Waals surface area (Å²) in [4.78, 5) is 17.2. The van der Waals surface area contributed by atoms with Crippen LogP contribution in [0.1, 0.15) is 44.9 Å². The molecule has 1 unspecified atom stereocenters. The van der Waals surface area contributed by atoms with Crippen molar-refractivity contribution in [3.63, 3.8) is 0 Å². The van der Waals surface area contributed by atoms with Gasteiger partial charge in [0.15, 0.2) is 0 Å². The lowest BCUT2D eigenvalue weighted by molar-refractivity contribution is -0.135. The Morgan fingerprint density at radius 2 is 2.35 bits per heavy atom. The standard InChI is InChI=1S/C11H17N3O2S/c1-3-7(2)14(6-9(15)16)11-12-10(13-17-11)8-4-5-8/h7-8H,3-6H2,1-2H3,(H,15,16). The molecule has 0 radical (unpaired) electrons. The van der Waals surface area contributed by atoms with Gasteiger partial charge in [-0.05, 0) is 26.2 Å². The summed E-state index contributed by atoms with van der Waals surface area (Å²) >= 11 is 1.31. The first kappa shape index (κ1) is 12.3. The van der Waals surface area contributed by atoms with Gasteiger partial charge in [-0.3, -0.25) is 4.79 Å². The molecule has 1 saturated carbocycles. The van der Waals surface area contributed by atoms with Crippen LogP contribution in [0.25, 0.3) is 0 Å². The van der Waals surface area contributed by atoms with Crippen molar-refractivity contribution >= 4 is 22.6 Å². The topological polar surface area (TPSA) is 66.3 Å². The first-order chi connectivity index (χ1) is 8.11. The second kappa shape index (κ2) is 5.00. The Bertz CT molecular complexity index is 403. The Morgan fingerprint density at radius 1 is 1.65 bits per heavy atom. The maximum atomic E-state index is 10.9. The summed E-state index contributed by atoms with van der Waals surface area (Å²) in [7, 11) is 0. The number of carboxylic acid groups (broad SMARTS) is 1. The smallest absolute Gasteiger partial charge is 0.323 e. The largest absolute Gasteiger partial charge is 0.480 e. The van der Waals surface area contributed by atoms with Crippen LogP contribution in [0.15, 0.2) is 0 Å². The van der Waals surface area contributed by atoms with E-state index >= 15 is 0 Å². The molecule has 1 N–H and O–H groups in total. The number of carboxylic acids is 1. The molecule has 0 saturated heterocycles. The van der Waals surface area contributed by atoms with E-state index in [1.807, 2.05) is 18.7 Å². The number of anilines is 1. The molecule has 0 bridgehead atoms. The van der Waals surface area contributed by atoms with Crippen LogP contribution in [0.3, 0.4) is 0 Å². The van der Waals surface area contributed by atoms with Gasteiger partial charge in [-0.1, -0.05) is 6.92 Å². The van der Waals surface area contributed by atoms with Crippen molar-refractivity contribution in [2.45, 2.75) is 45.1 Å². The summed E-state index contributed by atoms with van der Waals surface area (Å²) < 4.78 is 4.32. The molecule has 2 rings (SSSR count). The normalized spacial score (nSPS) is 16.8. The van der Waals surface area contributed by atoms with E-state index < -0.39 is 5.97 Å². The molecule has 1 aromatic rings. The lowest BCUT2D eigenvalue weighted by Gasteiger charge is -2.25. The second-order valence-corrected chi connectivity index (χ2v) is 5.22. The van der Waals surface area contributed by atoms with Crippen molar-refractivity contribution in [1.82, 2.24) is 9.36 Å². The molecular formula is C11H17N3O2S. The number of aliphatic carboxylic acids is 1. The molecule has 0 aromatic carbocycles. The van der Waals surface area contributed by atoms with Crippen molar-refractivity contribution in [3.05, 3.63) is 5.82 Å². The number of rotatable bonds is 6. The Kier molecular flexibility index (Phi) is 3.61. The molecule has 0 amide bonds. The summed E-state index contributed by atoms with van der Waals surface area (Å²) in [5.74, 6) is 0.584. The zero-order valence-electron chi connectivity index (χ0n) is 10.1. The van der Waals surface area contributed by atoms with Gasteiger partial charge >= 0.3 is 5.97 Å². The maximum Gasteiger partial charge on any atom is 0.323 e. The van der Waals surface area contributed by atoms with Crippen molar-refractivity contribution in [1.29, 1.82) is 0 Å². The van der Waals surface area contributed by atoms with E-state index in [1.165, 1.54) is 24.4 Å². The molecule has 17 heavy (non-hydrogen) atoms. The molecule has 1 aliphatic carbocycles. The third kappa shape index (κ3) is 2.94. The molecule has 1 atom stereocenters. The van der Waals surface area contributed by atoms with Crippen LogP contribution in [0, 0.1) is 0 Å². The zero-order valence-corrected chi connectivity index (χ0v) is 10.9. The van der Waals surface area contributed by atoms with Crippen molar-refractivity contribution < 1.29 is 9.90 Å². The first-order valence-corrected chi connectivity index (χ1v) is 6.71. The van der Waals surface area contributed by atoms with Crippen molar-refractivity contribution in [3.8, 4) is 0 Å². The van der Waals surface area contributed by atoms with Gasteiger partial charge in [0, 0.05) is 23.5 Å². The molecular weight excluding hydrogens is 238 g/mol. The van der Waals surface area contributed by atoms with Gasteiger partial charge in [0.2, 0.25) is 5.13 Å². The second-order valence-electron chi connectivity index (χ2n) is 4.49. The quantitative estimate of drug-likeness (QED) is 0.843. The molecule has 1 aromatic heterocycles. The minimum atomic E-state index is -0.825. The van der Waals surface area contributed by atoms with Gasteiger partial charge in [0.05, 0.1) is 0 Å². The Morgan fingerprint density at radius 3 is 2.88 bits per heavy atom. The Hall–Kier alpha value is -1.17. The van der Waals surface area contributed by atoms with Crippen LogP contribution >= 0.6 is 11.5 Å². The van der Waals surface area contributed by atoms with E-state index in [0.717, 1.165) is 17.4 Å². The SMILES string of the molecule is CCC(C)N(CC(=O)O)c1nc(C2CC2)ns1. The fraction of sp³-hybridized carbons (Fsp3) is 0.727. The summed E-state index contributed by atoms with van der Waals surface area (Å²) in [6.07, 6.45) is 3.22. The fourth-order valence-corrected chi connectivity index (χ4v) is 2.48. The van der Waals surface area contributed by atoms with Crippen LogP contribution in [0.4, 0.5) is 5.13 Å². The summed E-state index contributed by atoms with van der Waals surface area (Å²) in [6.45, 7) is 4.05. The van der Waals surface area contributed by atoms with Crippen LogP contribution < -0.4 is 4.90 Å². The number of nitrogens with zero attached hydrogens (tertiary/aromatic N) is 3. The highest BCUT2D eigenvalue weighted by Crippen LogP contribution is 2.39. The number of hydrogen-bond donors (Lipinski definition) is 1. The molecule has 1 fully saturated rings. The van der Waals surface area contributed by atoms with E-state index in [4.69, 9.17) is 5.11 Å². The predicted octanol–water partition coefficient (Wildman–Crippen LogP) is 2.10. The van der Waals surface area contributed by atoms with E-state index in [-0.39, 0.29) is 12.6 Å². The third-order valence-corrected chi connectivity index (χ3v) is 3.82. The van der Waals surface area contributed by atoms with Crippen LogP contribution in [-0.2, 0) is 4.79 Å². The molecule has 1 heterocycles. The summed E-state index contributed by atoms with van der Waals surface area (Å²) in [6, 6.07) is 0.172. The van der Waals surface area contributed by atoms with Gasteiger partial charge in [0.1, 0.15) is 12.4 Å². The van der Waals surface area contributed by atoms with Crippen LogP contribution in [-0.4, -0.2) is 33.0 Å². The third-order valence-electron chi connectivity index (χ3n) is 3.05. The van der Waals surface area contributed by atoms with Gasteiger partial charge < -0.3 is 10.0 Å². The minimum absolute atomic E-state index is 0.00565. The molecule has 1 aliphatic rings. The molecule has 0 aliphatic heterocycles. The van der Waals surface area contributed by atoms with Gasteiger partial charge in [-0.15, -0.1) is 0 Å². The number of carbonyl (C=O) groups is 1. The number of hydrogen-bond acceptors (Lipinski definition) is 5. The van der Waals surface area contributed by atoms with E-state index in [2.05, 4.69) is 9.36 Å². The van der Waals surface area contributed by atoms with E-state index in [9.17, 15) is 4.79 Å². The highest BCUT2D eigenvalue weighted by molar-refractivity contribution is 7.09. The molecule has 94 valence electrons. The van der Waals surface area contributed by atoms with Crippen molar-refractivity contribution in [2.75, 3.05) is 11.4 Å². The average Bonchev–Trinajstić information content (AvgIpc) is 3.04. The van der Waals surface area contributed by atoms with Gasteiger partial charge in [-0.2, -0.15) is 4.37 Å². The Labute approximate surface area is 105 Å². The van der Waals surface area contributed by atoms with Crippen molar-refractivity contribution in [2.24, 2.45) is 0 Å². The lowest BCUT2D eigenvalue weighted by atomic mass is 10.2. The fourth-order valence-electron chi connectivity index (χ4n) is 1.63. The van der Waals surface area contributed by atoms with E-state index in [0.29, 0.717) is 5.92 Å². The molecule has 6 heteroatoms. The lowest BCUT2D eigenvalue weighted by Crippen LogP contribution is -2.37. The molecule has 5 nitrogen and oxygen atoms in total. The summed E-state index contributed by atoms with van der Waals surface area (Å²) in [5, 5.41) is 9.67. The van der Waals surface area contributed by atoms with E-state index in [1.54, 1.807) is 0 Å². The molecule has 0 spiro atoms. The first-order valence-electron chi connectivity index (χ1n) is 5.93. The minimum Gasteiger partial charge on any atom is -0.480 e. The highest BCUT2D eigenvalue weighted by atomic mass is 32.1. The van der Waals surface area contributed by atoms with Gasteiger partial charge in [-0.25, -0.2) is 4.98 Å². The average molecular weight is 255 g/mol. The van der Waals surface area contributed by atoms with Gasteiger partial charge in [0.25, 0.3) is 0 Å². The highest BCUT2D eigenvalue weighted by Gasteiger charge is 2.29. The number of aromatic nitrogens is 2. The maximum absolute atomic E-state index is 10.9. The summed E-state index contributed by atoms with van der Waals surface area (Å²) in [5.41, 5.74) is 0. The predicted molar refractivity (Wildman–Crippen MR) is 66.6 cm³/mol. The zero-order chi connectivity index (χ0) is 12.4. The Balaban J connectivity index is 2.14. The van der Waals surface area contributed by atoms with Crippen LogP contribution in [0.5, 0.6) is 0 Å². The van der Waals surface area contributed by atoms with Crippen LogP contribution in [0.2, 0.25) is 0 Å².